The van der Waals surface area contributed by atoms with Gasteiger partial charge in [-0.2, -0.15) is 0 Å². The molecular weight excluding hydrogens is 290 g/mol. The topological polar surface area (TPSA) is 51.0 Å². The Balaban J connectivity index is 2.04. The molecule has 0 amide bonds. The minimum absolute atomic E-state index is 0.822. The summed E-state index contributed by atoms with van der Waals surface area (Å²) in [7, 11) is 1.89. The van der Waals surface area contributed by atoms with E-state index in [9.17, 15) is 0 Å². The van der Waals surface area contributed by atoms with Gasteiger partial charge in [0.1, 0.15) is 0 Å². The minimum Gasteiger partial charge on any atom is -0.462 e. The Labute approximate surface area is 125 Å². The van der Waals surface area contributed by atoms with Crippen molar-refractivity contribution >= 4 is 27.8 Å². The molecule has 3 aromatic rings. The van der Waals surface area contributed by atoms with Crippen LogP contribution in [0.1, 0.15) is 19.0 Å². The van der Waals surface area contributed by atoms with E-state index in [4.69, 9.17) is 9.40 Å². The van der Waals surface area contributed by atoms with E-state index in [1.54, 1.807) is 28.9 Å². The van der Waals surface area contributed by atoms with Crippen LogP contribution in [0.4, 0.5) is 5.13 Å². The molecule has 3 rings (SSSR count). The molecule has 4 nitrogen and oxygen atoms in total. The van der Waals surface area contributed by atoms with Crippen molar-refractivity contribution in [2.24, 2.45) is 0 Å². The van der Waals surface area contributed by atoms with Crippen molar-refractivity contribution in [3.05, 3.63) is 29.5 Å². The average molecular weight is 305 g/mol. The van der Waals surface area contributed by atoms with E-state index in [0.717, 1.165) is 45.0 Å². The van der Waals surface area contributed by atoms with Gasteiger partial charge in [0.2, 0.25) is 0 Å². The Bertz CT molecular complexity index is 685. The number of hydrogen-bond donors (Lipinski definition) is 1. The lowest BCUT2D eigenvalue weighted by atomic mass is 10.2. The van der Waals surface area contributed by atoms with Crippen molar-refractivity contribution < 1.29 is 4.42 Å². The Hall–Kier alpha value is -1.66. The van der Waals surface area contributed by atoms with E-state index in [2.05, 4.69) is 22.6 Å². The summed E-state index contributed by atoms with van der Waals surface area (Å²) in [5.74, 6) is 0.822. The Morgan fingerprint density at radius 2 is 2.25 bits per heavy atom. The molecule has 0 bridgehead atoms. The van der Waals surface area contributed by atoms with Gasteiger partial charge in [-0.15, -0.1) is 22.7 Å². The van der Waals surface area contributed by atoms with Gasteiger partial charge in [-0.3, -0.25) is 0 Å². The molecule has 0 fully saturated rings. The van der Waals surface area contributed by atoms with Crippen LogP contribution >= 0.6 is 22.7 Å². The summed E-state index contributed by atoms with van der Waals surface area (Å²) in [5, 5.41) is 7.00. The van der Waals surface area contributed by atoms with Crippen LogP contribution in [0, 0.1) is 0 Å². The molecule has 20 heavy (non-hydrogen) atoms. The molecule has 0 radical (unpaired) electrons. The van der Waals surface area contributed by atoms with Crippen LogP contribution in [0.2, 0.25) is 0 Å². The minimum atomic E-state index is 0.822. The second-order valence-electron chi connectivity index (χ2n) is 4.31. The number of furan rings is 1. The van der Waals surface area contributed by atoms with Crippen molar-refractivity contribution in [1.29, 1.82) is 0 Å². The molecule has 0 aliphatic carbocycles. The first-order valence-electron chi connectivity index (χ1n) is 6.49. The van der Waals surface area contributed by atoms with Gasteiger partial charge in [0, 0.05) is 12.4 Å². The highest BCUT2D eigenvalue weighted by molar-refractivity contribution is 7.19. The van der Waals surface area contributed by atoms with Crippen molar-refractivity contribution in [3.63, 3.8) is 0 Å². The second kappa shape index (κ2) is 5.76. The van der Waals surface area contributed by atoms with E-state index < -0.39 is 0 Å². The van der Waals surface area contributed by atoms with Gasteiger partial charge in [0.05, 0.1) is 22.5 Å². The first-order chi connectivity index (χ1) is 9.81. The van der Waals surface area contributed by atoms with Crippen LogP contribution in [0.3, 0.4) is 0 Å². The lowest BCUT2D eigenvalue weighted by molar-refractivity contribution is 0.581. The number of rotatable bonds is 5. The van der Waals surface area contributed by atoms with E-state index in [0.29, 0.717) is 0 Å². The van der Waals surface area contributed by atoms with Crippen LogP contribution in [0.5, 0.6) is 0 Å². The predicted octanol–water partition coefficient (Wildman–Crippen LogP) is 4.52. The number of nitrogens with one attached hydrogen (secondary N) is 1. The number of nitrogens with zero attached hydrogens (tertiary/aromatic N) is 2. The van der Waals surface area contributed by atoms with Crippen LogP contribution in [-0.2, 0) is 6.42 Å². The molecule has 0 aliphatic rings. The molecule has 0 aliphatic heterocycles. The predicted molar refractivity (Wildman–Crippen MR) is 84.5 cm³/mol. The number of anilines is 1. The molecule has 0 saturated carbocycles. The third kappa shape index (κ3) is 2.48. The van der Waals surface area contributed by atoms with Gasteiger partial charge in [-0.05, 0) is 18.6 Å². The maximum absolute atomic E-state index is 5.45. The SMILES string of the molecule is CCCc1nc(-c2ccco2)sc1-c1csc(NC)n1. The zero-order valence-corrected chi connectivity index (χ0v) is 13.0. The lowest BCUT2D eigenvalue weighted by Crippen LogP contribution is -1.89. The fraction of sp³-hybridized carbons (Fsp3) is 0.286. The van der Waals surface area contributed by atoms with Gasteiger partial charge in [-0.25, -0.2) is 9.97 Å². The standard InChI is InChI=1S/C14H15N3OS2/c1-3-5-9-12(10-8-19-14(15-2)17-10)20-13(16-9)11-6-4-7-18-11/h4,6-8H,3,5H2,1-2H3,(H,15,17). The molecule has 104 valence electrons. The molecule has 1 N–H and O–H groups in total. The van der Waals surface area contributed by atoms with Gasteiger partial charge in [-0.1, -0.05) is 13.3 Å². The van der Waals surface area contributed by atoms with Gasteiger partial charge >= 0.3 is 0 Å². The highest BCUT2D eigenvalue weighted by atomic mass is 32.1. The normalized spacial score (nSPS) is 10.9. The molecule has 0 aromatic carbocycles. The molecular formula is C14H15N3OS2. The maximum atomic E-state index is 5.45. The zero-order chi connectivity index (χ0) is 13.9. The Kier molecular flexibility index (Phi) is 3.84. The van der Waals surface area contributed by atoms with Gasteiger partial charge in [0.25, 0.3) is 0 Å². The molecule has 0 unspecified atom stereocenters. The summed E-state index contributed by atoms with van der Waals surface area (Å²) in [6.45, 7) is 2.16. The summed E-state index contributed by atoms with van der Waals surface area (Å²) >= 11 is 3.26. The molecule has 6 heteroatoms. The van der Waals surface area contributed by atoms with Crippen LogP contribution in [-0.4, -0.2) is 17.0 Å². The molecule has 0 saturated heterocycles. The second-order valence-corrected chi connectivity index (χ2v) is 6.17. The number of aryl methyl sites for hydroxylation is 1. The zero-order valence-electron chi connectivity index (χ0n) is 11.3. The molecule has 3 heterocycles. The number of aromatic nitrogens is 2. The third-order valence-corrected chi connectivity index (χ3v) is 4.86. The third-order valence-electron chi connectivity index (χ3n) is 2.87. The van der Waals surface area contributed by atoms with E-state index >= 15 is 0 Å². The van der Waals surface area contributed by atoms with E-state index in [-0.39, 0.29) is 0 Å². The maximum Gasteiger partial charge on any atom is 0.182 e. The van der Waals surface area contributed by atoms with Crippen molar-refractivity contribution in [1.82, 2.24) is 9.97 Å². The smallest absolute Gasteiger partial charge is 0.182 e. The van der Waals surface area contributed by atoms with Crippen molar-refractivity contribution in [2.75, 3.05) is 12.4 Å². The lowest BCUT2D eigenvalue weighted by Gasteiger charge is -1.96. The monoisotopic (exact) mass is 305 g/mol. The molecule has 0 atom stereocenters. The highest BCUT2D eigenvalue weighted by Crippen LogP contribution is 2.37. The first kappa shape index (κ1) is 13.3. The number of thiazole rings is 2. The Morgan fingerprint density at radius 1 is 1.35 bits per heavy atom. The first-order valence-corrected chi connectivity index (χ1v) is 8.18. The fourth-order valence-electron chi connectivity index (χ4n) is 1.96. The summed E-state index contributed by atoms with van der Waals surface area (Å²) in [6, 6.07) is 3.83. The molecule has 0 spiro atoms. The largest absolute Gasteiger partial charge is 0.462 e. The quantitative estimate of drug-likeness (QED) is 0.753. The Morgan fingerprint density at radius 3 is 2.90 bits per heavy atom. The van der Waals surface area contributed by atoms with Gasteiger partial charge in [0.15, 0.2) is 15.9 Å². The van der Waals surface area contributed by atoms with Gasteiger partial charge < -0.3 is 9.73 Å². The fourth-order valence-corrected chi connectivity index (χ4v) is 3.73. The van der Waals surface area contributed by atoms with Crippen LogP contribution in [0.15, 0.2) is 28.2 Å². The van der Waals surface area contributed by atoms with Crippen molar-refractivity contribution in [2.45, 2.75) is 19.8 Å². The summed E-state index contributed by atoms with van der Waals surface area (Å²) in [6.07, 6.45) is 3.70. The van der Waals surface area contributed by atoms with Crippen LogP contribution < -0.4 is 5.32 Å². The summed E-state index contributed by atoms with van der Waals surface area (Å²) in [5.41, 5.74) is 2.11. The average Bonchev–Trinajstić information content (AvgIpc) is 3.19. The van der Waals surface area contributed by atoms with Crippen molar-refractivity contribution in [3.8, 4) is 21.3 Å². The highest BCUT2D eigenvalue weighted by Gasteiger charge is 2.17. The summed E-state index contributed by atoms with van der Waals surface area (Å²) in [4.78, 5) is 10.5. The van der Waals surface area contributed by atoms with E-state index in [1.165, 1.54) is 0 Å². The molecule has 3 aromatic heterocycles. The van der Waals surface area contributed by atoms with E-state index in [1.807, 2.05) is 19.2 Å². The number of hydrogen-bond acceptors (Lipinski definition) is 6. The van der Waals surface area contributed by atoms with Crippen LogP contribution in [0.25, 0.3) is 21.3 Å². The summed E-state index contributed by atoms with van der Waals surface area (Å²) < 4.78 is 5.45.